The van der Waals surface area contributed by atoms with Crippen LogP contribution < -0.4 is 5.73 Å². The van der Waals surface area contributed by atoms with Gasteiger partial charge in [-0.05, 0) is 29.9 Å². The van der Waals surface area contributed by atoms with E-state index in [1.54, 1.807) is 12.5 Å². The molecule has 1 unspecified atom stereocenters. The van der Waals surface area contributed by atoms with E-state index in [4.69, 9.17) is 10.2 Å². The topological polar surface area (TPSA) is 59.4 Å². The SMILES string of the molecule is NCC(O)c1ccc2cocc2c1C1CC1. The normalized spacial score (nSPS) is 17.9. The van der Waals surface area contributed by atoms with Crippen LogP contribution in [0.15, 0.2) is 29.1 Å². The molecular formula is C13H15NO2. The number of benzene rings is 1. The fourth-order valence-electron chi connectivity index (χ4n) is 2.32. The van der Waals surface area contributed by atoms with E-state index in [-0.39, 0.29) is 6.54 Å². The van der Waals surface area contributed by atoms with Gasteiger partial charge in [0.15, 0.2) is 0 Å². The van der Waals surface area contributed by atoms with Gasteiger partial charge in [-0.15, -0.1) is 0 Å². The minimum atomic E-state index is -0.560. The van der Waals surface area contributed by atoms with Crippen molar-refractivity contribution in [2.75, 3.05) is 6.54 Å². The fraction of sp³-hybridized carbons (Fsp3) is 0.385. The van der Waals surface area contributed by atoms with E-state index in [0.29, 0.717) is 5.92 Å². The maximum atomic E-state index is 9.93. The zero-order valence-corrected chi connectivity index (χ0v) is 9.02. The minimum absolute atomic E-state index is 0.267. The van der Waals surface area contributed by atoms with Gasteiger partial charge in [0.1, 0.15) is 0 Å². The number of hydrogen-bond acceptors (Lipinski definition) is 3. The third-order valence-corrected chi connectivity index (χ3v) is 3.30. The van der Waals surface area contributed by atoms with E-state index in [9.17, 15) is 5.11 Å². The minimum Gasteiger partial charge on any atom is -0.471 e. The Bertz CT molecular complexity index is 514. The molecule has 1 heterocycles. The molecule has 1 aromatic carbocycles. The first-order chi connectivity index (χ1) is 7.81. The Morgan fingerprint density at radius 2 is 2.19 bits per heavy atom. The van der Waals surface area contributed by atoms with Crippen LogP contribution in [0.25, 0.3) is 10.8 Å². The molecule has 0 saturated heterocycles. The first-order valence-electron chi connectivity index (χ1n) is 5.68. The molecule has 3 N–H and O–H groups in total. The summed E-state index contributed by atoms with van der Waals surface area (Å²) >= 11 is 0. The molecule has 3 nitrogen and oxygen atoms in total. The summed E-state index contributed by atoms with van der Waals surface area (Å²) in [6.07, 6.45) is 5.37. The Balaban J connectivity index is 2.22. The third kappa shape index (κ3) is 1.44. The Labute approximate surface area is 93.9 Å². The Morgan fingerprint density at radius 3 is 2.88 bits per heavy atom. The lowest BCUT2D eigenvalue weighted by molar-refractivity contribution is 0.186. The van der Waals surface area contributed by atoms with E-state index in [2.05, 4.69) is 0 Å². The van der Waals surface area contributed by atoms with Crippen molar-refractivity contribution in [1.82, 2.24) is 0 Å². The predicted octanol–water partition coefficient (Wildman–Crippen LogP) is 2.30. The summed E-state index contributed by atoms with van der Waals surface area (Å²) in [5.41, 5.74) is 7.75. The van der Waals surface area contributed by atoms with Crippen molar-refractivity contribution in [2.45, 2.75) is 24.9 Å². The summed E-state index contributed by atoms with van der Waals surface area (Å²) in [6, 6.07) is 3.96. The molecule has 84 valence electrons. The van der Waals surface area contributed by atoms with Gasteiger partial charge in [-0.3, -0.25) is 0 Å². The quantitative estimate of drug-likeness (QED) is 0.829. The molecule has 1 atom stereocenters. The van der Waals surface area contributed by atoms with Gasteiger partial charge in [-0.2, -0.15) is 0 Å². The van der Waals surface area contributed by atoms with E-state index in [1.807, 2.05) is 12.1 Å². The molecule has 1 aliphatic rings. The smallest absolute Gasteiger partial charge is 0.0984 e. The summed E-state index contributed by atoms with van der Waals surface area (Å²) in [5.74, 6) is 0.581. The summed E-state index contributed by atoms with van der Waals surface area (Å²) in [4.78, 5) is 0. The molecule has 0 aliphatic heterocycles. The van der Waals surface area contributed by atoms with Crippen LogP contribution in [0, 0.1) is 0 Å². The maximum absolute atomic E-state index is 9.93. The van der Waals surface area contributed by atoms with Crippen LogP contribution in [0.3, 0.4) is 0 Å². The average molecular weight is 217 g/mol. The zero-order chi connectivity index (χ0) is 11.1. The van der Waals surface area contributed by atoms with Gasteiger partial charge in [0.25, 0.3) is 0 Å². The van der Waals surface area contributed by atoms with Gasteiger partial charge >= 0.3 is 0 Å². The van der Waals surface area contributed by atoms with Gasteiger partial charge in [0.05, 0.1) is 18.6 Å². The number of aliphatic hydroxyl groups excluding tert-OH is 1. The maximum Gasteiger partial charge on any atom is 0.0984 e. The van der Waals surface area contributed by atoms with Gasteiger partial charge in [0.2, 0.25) is 0 Å². The lowest BCUT2D eigenvalue weighted by Gasteiger charge is -2.14. The van der Waals surface area contributed by atoms with Crippen molar-refractivity contribution < 1.29 is 9.52 Å². The molecule has 0 radical (unpaired) electrons. The standard InChI is InChI=1S/C13H15NO2/c14-5-12(15)10-4-3-9-6-16-7-11(9)13(10)8-1-2-8/h3-4,6-8,12,15H,1-2,5,14H2. The molecule has 16 heavy (non-hydrogen) atoms. The molecule has 1 aromatic heterocycles. The highest BCUT2D eigenvalue weighted by Crippen LogP contribution is 2.46. The van der Waals surface area contributed by atoms with Crippen molar-refractivity contribution >= 4 is 10.8 Å². The molecular weight excluding hydrogens is 202 g/mol. The Kier molecular flexibility index (Phi) is 2.23. The predicted molar refractivity (Wildman–Crippen MR) is 62.2 cm³/mol. The van der Waals surface area contributed by atoms with Crippen LogP contribution in [0.2, 0.25) is 0 Å². The second-order valence-corrected chi connectivity index (χ2v) is 4.47. The van der Waals surface area contributed by atoms with Crippen LogP contribution in [-0.4, -0.2) is 11.7 Å². The number of furan rings is 1. The first-order valence-corrected chi connectivity index (χ1v) is 5.68. The van der Waals surface area contributed by atoms with Gasteiger partial charge in [-0.1, -0.05) is 12.1 Å². The number of nitrogens with two attached hydrogens (primary N) is 1. The van der Waals surface area contributed by atoms with Crippen molar-refractivity contribution in [2.24, 2.45) is 5.73 Å². The molecule has 3 heteroatoms. The molecule has 3 rings (SSSR count). The highest BCUT2D eigenvalue weighted by molar-refractivity contribution is 5.86. The summed E-state index contributed by atoms with van der Waals surface area (Å²) in [6.45, 7) is 0.267. The van der Waals surface area contributed by atoms with Gasteiger partial charge < -0.3 is 15.3 Å². The largest absolute Gasteiger partial charge is 0.471 e. The molecule has 1 fully saturated rings. The monoisotopic (exact) mass is 217 g/mol. The lowest BCUT2D eigenvalue weighted by atomic mass is 9.94. The third-order valence-electron chi connectivity index (χ3n) is 3.30. The Morgan fingerprint density at radius 1 is 1.38 bits per heavy atom. The van der Waals surface area contributed by atoms with E-state index in [0.717, 1.165) is 16.3 Å². The molecule has 0 amide bonds. The van der Waals surface area contributed by atoms with E-state index >= 15 is 0 Å². The number of hydrogen-bond donors (Lipinski definition) is 2. The lowest BCUT2D eigenvalue weighted by Crippen LogP contribution is -2.13. The zero-order valence-electron chi connectivity index (χ0n) is 9.02. The van der Waals surface area contributed by atoms with Crippen molar-refractivity contribution in [3.8, 4) is 0 Å². The van der Waals surface area contributed by atoms with Crippen LogP contribution in [-0.2, 0) is 0 Å². The summed E-state index contributed by atoms with van der Waals surface area (Å²) in [7, 11) is 0. The highest BCUT2D eigenvalue weighted by Gasteiger charge is 2.29. The van der Waals surface area contributed by atoms with Crippen LogP contribution in [0.5, 0.6) is 0 Å². The average Bonchev–Trinajstić information content (AvgIpc) is 3.03. The first kappa shape index (κ1) is 9.87. The van der Waals surface area contributed by atoms with Crippen LogP contribution in [0.1, 0.15) is 36.0 Å². The van der Waals surface area contributed by atoms with Crippen molar-refractivity contribution in [3.63, 3.8) is 0 Å². The Hall–Kier alpha value is -1.32. The van der Waals surface area contributed by atoms with Crippen LogP contribution in [0.4, 0.5) is 0 Å². The molecule has 1 saturated carbocycles. The van der Waals surface area contributed by atoms with E-state index in [1.165, 1.54) is 18.4 Å². The van der Waals surface area contributed by atoms with Crippen molar-refractivity contribution in [1.29, 1.82) is 0 Å². The van der Waals surface area contributed by atoms with Crippen LogP contribution >= 0.6 is 0 Å². The summed E-state index contributed by atoms with van der Waals surface area (Å²) < 4.78 is 5.24. The summed E-state index contributed by atoms with van der Waals surface area (Å²) in [5, 5.41) is 12.2. The molecule has 1 aliphatic carbocycles. The van der Waals surface area contributed by atoms with E-state index < -0.39 is 6.10 Å². The number of rotatable bonds is 3. The second-order valence-electron chi connectivity index (χ2n) is 4.47. The molecule has 2 aromatic rings. The number of fused-ring (bicyclic) bond motifs is 1. The van der Waals surface area contributed by atoms with Gasteiger partial charge in [0, 0.05) is 17.3 Å². The molecule has 0 bridgehead atoms. The fourth-order valence-corrected chi connectivity index (χ4v) is 2.32. The highest BCUT2D eigenvalue weighted by atomic mass is 16.3. The van der Waals surface area contributed by atoms with Gasteiger partial charge in [-0.25, -0.2) is 0 Å². The number of aliphatic hydroxyl groups is 1. The molecule has 0 spiro atoms. The van der Waals surface area contributed by atoms with Crippen molar-refractivity contribution in [3.05, 3.63) is 35.8 Å². The second kappa shape index (κ2) is 3.61.